The van der Waals surface area contributed by atoms with Gasteiger partial charge >= 0.3 is 0 Å². The number of piperidine rings is 1. The standard InChI is InChI=1S/C14H22N2O3S2/c1-21(17,18)15-7-14-13-4-5-16(8-11(13)10-19-14)9-12-3-2-6-20-12/h2-3,6,11,13-15H,4-5,7-10H2,1H3/t11-,13-,14-/m1/s1. The van der Waals surface area contributed by atoms with Gasteiger partial charge in [0.15, 0.2) is 0 Å². The van der Waals surface area contributed by atoms with Gasteiger partial charge < -0.3 is 4.74 Å². The Labute approximate surface area is 130 Å². The number of fused-ring (bicyclic) bond motifs is 1. The summed E-state index contributed by atoms with van der Waals surface area (Å²) in [6.45, 7) is 4.30. The van der Waals surface area contributed by atoms with Gasteiger partial charge in [0, 0.05) is 30.4 Å². The third-order valence-corrected chi connectivity index (χ3v) is 5.94. The molecule has 1 N–H and O–H groups in total. The maximum Gasteiger partial charge on any atom is 0.208 e. The fourth-order valence-corrected chi connectivity index (χ4v) is 4.59. The summed E-state index contributed by atoms with van der Waals surface area (Å²) in [5, 5.41) is 2.12. The van der Waals surface area contributed by atoms with Crippen molar-refractivity contribution in [2.24, 2.45) is 11.8 Å². The maximum absolute atomic E-state index is 11.2. The second-order valence-corrected chi connectivity index (χ2v) is 8.88. The van der Waals surface area contributed by atoms with Crippen molar-refractivity contribution in [2.75, 3.05) is 32.5 Å². The van der Waals surface area contributed by atoms with E-state index in [2.05, 4.69) is 27.1 Å². The SMILES string of the molecule is CS(=O)(=O)NC[C@H]1OC[C@H]2CN(Cc3cccs3)CC[C@H]21. The predicted octanol–water partition coefficient (Wildman–Crippen LogP) is 1.13. The molecule has 0 aromatic carbocycles. The number of rotatable bonds is 5. The van der Waals surface area contributed by atoms with Gasteiger partial charge in [-0.3, -0.25) is 4.90 Å². The maximum atomic E-state index is 11.2. The lowest BCUT2D eigenvalue weighted by molar-refractivity contribution is 0.0886. The Morgan fingerprint density at radius 2 is 2.38 bits per heavy atom. The van der Waals surface area contributed by atoms with Gasteiger partial charge in [0.05, 0.1) is 19.0 Å². The molecule has 3 heterocycles. The smallest absolute Gasteiger partial charge is 0.208 e. The fourth-order valence-electron chi connectivity index (χ4n) is 3.37. The lowest BCUT2D eigenvalue weighted by Crippen LogP contribution is -2.43. The Bertz CT molecular complexity index is 559. The van der Waals surface area contributed by atoms with E-state index in [4.69, 9.17) is 4.74 Å². The van der Waals surface area contributed by atoms with Crippen LogP contribution in [0.4, 0.5) is 0 Å². The third kappa shape index (κ3) is 4.04. The van der Waals surface area contributed by atoms with Crippen molar-refractivity contribution in [3.05, 3.63) is 22.4 Å². The summed E-state index contributed by atoms with van der Waals surface area (Å²) in [6, 6.07) is 4.28. The first-order chi connectivity index (χ1) is 10.0. The largest absolute Gasteiger partial charge is 0.376 e. The van der Waals surface area contributed by atoms with Crippen LogP contribution >= 0.6 is 11.3 Å². The Morgan fingerprint density at radius 1 is 1.52 bits per heavy atom. The molecule has 0 bridgehead atoms. The van der Waals surface area contributed by atoms with E-state index in [9.17, 15) is 8.42 Å². The van der Waals surface area contributed by atoms with Gasteiger partial charge in [-0.2, -0.15) is 0 Å². The van der Waals surface area contributed by atoms with Gasteiger partial charge in [0.25, 0.3) is 0 Å². The minimum absolute atomic E-state index is 0.0358. The van der Waals surface area contributed by atoms with Gasteiger partial charge in [-0.1, -0.05) is 6.07 Å². The first-order valence-electron chi connectivity index (χ1n) is 7.32. The summed E-state index contributed by atoms with van der Waals surface area (Å²) in [7, 11) is -3.13. The topological polar surface area (TPSA) is 58.6 Å². The van der Waals surface area contributed by atoms with E-state index in [1.54, 1.807) is 11.3 Å². The number of ether oxygens (including phenoxy) is 1. The van der Waals surface area contributed by atoms with Crippen LogP contribution in [0.15, 0.2) is 17.5 Å². The van der Waals surface area contributed by atoms with Crippen molar-refractivity contribution in [3.63, 3.8) is 0 Å². The Hall–Kier alpha value is -0.470. The summed E-state index contributed by atoms with van der Waals surface area (Å²) < 4.78 is 30.8. The molecule has 1 aromatic rings. The second kappa shape index (κ2) is 6.34. The van der Waals surface area contributed by atoms with Crippen LogP contribution < -0.4 is 4.72 Å². The van der Waals surface area contributed by atoms with E-state index < -0.39 is 10.0 Å². The van der Waals surface area contributed by atoms with Crippen molar-refractivity contribution >= 4 is 21.4 Å². The molecule has 7 heteroatoms. The molecule has 1 aromatic heterocycles. The van der Waals surface area contributed by atoms with Gasteiger partial charge in [0.2, 0.25) is 10.0 Å². The van der Waals surface area contributed by atoms with E-state index in [0.717, 1.165) is 32.7 Å². The van der Waals surface area contributed by atoms with Gasteiger partial charge in [-0.15, -0.1) is 11.3 Å². The molecular weight excluding hydrogens is 308 g/mol. The molecule has 2 saturated heterocycles. The van der Waals surface area contributed by atoms with E-state index >= 15 is 0 Å². The first kappa shape index (κ1) is 15.4. The molecule has 2 aliphatic rings. The number of nitrogens with zero attached hydrogens (tertiary/aromatic N) is 1. The molecule has 21 heavy (non-hydrogen) atoms. The molecule has 0 spiro atoms. The molecule has 118 valence electrons. The average molecular weight is 330 g/mol. The van der Waals surface area contributed by atoms with Crippen molar-refractivity contribution in [1.29, 1.82) is 0 Å². The zero-order valence-electron chi connectivity index (χ0n) is 12.2. The number of nitrogens with one attached hydrogen (secondary N) is 1. The quantitative estimate of drug-likeness (QED) is 0.879. The summed E-state index contributed by atoms with van der Waals surface area (Å²) in [5.74, 6) is 1.02. The molecule has 5 nitrogen and oxygen atoms in total. The second-order valence-electron chi connectivity index (χ2n) is 6.02. The van der Waals surface area contributed by atoms with E-state index in [1.807, 2.05) is 0 Å². The Morgan fingerprint density at radius 3 is 3.10 bits per heavy atom. The first-order valence-corrected chi connectivity index (χ1v) is 10.1. The van der Waals surface area contributed by atoms with E-state index in [0.29, 0.717) is 18.4 Å². The summed E-state index contributed by atoms with van der Waals surface area (Å²) in [5.41, 5.74) is 0. The monoisotopic (exact) mass is 330 g/mol. The highest BCUT2D eigenvalue weighted by Gasteiger charge is 2.40. The van der Waals surface area contributed by atoms with Crippen LogP contribution in [-0.4, -0.2) is 51.9 Å². The molecule has 3 rings (SSSR count). The lowest BCUT2D eigenvalue weighted by Gasteiger charge is -2.35. The summed E-state index contributed by atoms with van der Waals surface area (Å²) in [4.78, 5) is 3.89. The highest BCUT2D eigenvalue weighted by Crippen LogP contribution is 2.34. The van der Waals surface area contributed by atoms with Crippen LogP contribution in [0.1, 0.15) is 11.3 Å². The zero-order valence-corrected chi connectivity index (χ0v) is 13.8. The third-order valence-electron chi connectivity index (χ3n) is 4.39. The van der Waals surface area contributed by atoms with Gasteiger partial charge in [-0.05, 0) is 30.3 Å². The Balaban J connectivity index is 1.52. The van der Waals surface area contributed by atoms with Crippen molar-refractivity contribution in [1.82, 2.24) is 9.62 Å². The van der Waals surface area contributed by atoms with Crippen LogP contribution in [0.3, 0.4) is 0 Å². The molecular formula is C14H22N2O3S2. The number of likely N-dealkylation sites (tertiary alicyclic amines) is 1. The van der Waals surface area contributed by atoms with E-state index in [-0.39, 0.29) is 6.10 Å². The van der Waals surface area contributed by atoms with Crippen LogP contribution in [0.5, 0.6) is 0 Å². The minimum atomic E-state index is -3.13. The highest BCUT2D eigenvalue weighted by molar-refractivity contribution is 7.88. The van der Waals surface area contributed by atoms with Gasteiger partial charge in [-0.25, -0.2) is 13.1 Å². The normalized spacial score (nSPS) is 30.4. The van der Waals surface area contributed by atoms with E-state index in [1.165, 1.54) is 11.1 Å². The molecule has 0 aliphatic carbocycles. The summed E-state index contributed by atoms with van der Waals surface area (Å²) >= 11 is 1.80. The van der Waals surface area contributed by atoms with Gasteiger partial charge in [0.1, 0.15) is 0 Å². The zero-order chi connectivity index (χ0) is 14.9. The van der Waals surface area contributed by atoms with Crippen molar-refractivity contribution < 1.29 is 13.2 Å². The molecule has 0 unspecified atom stereocenters. The fraction of sp³-hybridized carbons (Fsp3) is 0.714. The Kier molecular flexibility index (Phi) is 4.66. The lowest BCUT2D eigenvalue weighted by atomic mass is 9.84. The van der Waals surface area contributed by atoms with Crippen molar-refractivity contribution in [3.8, 4) is 0 Å². The number of hydrogen-bond acceptors (Lipinski definition) is 5. The molecule has 2 fully saturated rings. The number of sulfonamides is 1. The van der Waals surface area contributed by atoms with Crippen LogP contribution in [0.2, 0.25) is 0 Å². The highest BCUT2D eigenvalue weighted by atomic mass is 32.2. The average Bonchev–Trinajstić information content (AvgIpc) is 3.04. The molecule has 2 aliphatic heterocycles. The number of thiophene rings is 1. The molecule has 0 amide bonds. The van der Waals surface area contributed by atoms with Crippen molar-refractivity contribution in [2.45, 2.75) is 19.1 Å². The van der Waals surface area contributed by atoms with Crippen LogP contribution in [0.25, 0.3) is 0 Å². The molecule has 0 radical (unpaired) electrons. The molecule has 3 atom stereocenters. The predicted molar refractivity (Wildman–Crippen MR) is 83.8 cm³/mol. The van der Waals surface area contributed by atoms with Crippen LogP contribution in [-0.2, 0) is 21.3 Å². The number of hydrogen-bond donors (Lipinski definition) is 1. The minimum Gasteiger partial charge on any atom is -0.376 e. The summed E-state index contributed by atoms with van der Waals surface area (Å²) in [6.07, 6.45) is 2.32. The molecule has 0 saturated carbocycles. The van der Waals surface area contributed by atoms with Crippen LogP contribution in [0, 0.1) is 11.8 Å².